The third-order valence-electron chi connectivity index (χ3n) is 3.80. The molecule has 1 aromatic carbocycles. The number of hydrogen-bond acceptors (Lipinski definition) is 3. The summed E-state index contributed by atoms with van der Waals surface area (Å²) in [6.07, 6.45) is 1.99. The molecule has 2 heterocycles. The van der Waals surface area contributed by atoms with Gasteiger partial charge in [0.05, 0.1) is 4.90 Å². The van der Waals surface area contributed by atoms with E-state index in [-0.39, 0.29) is 0 Å². The summed E-state index contributed by atoms with van der Waals surface area (Å²) in [6, 6.07) is 7.36. The van der Waals surface area contributed by atoms with Gasteiger partial charge in [0.2, 0.25) is 10.0 Å². The van der Waals surface area contributed by atoms with Gasteiger partial charge in [0.25, 0.3) is 0 Å². The summed E-state index contributed by atoms with van der Waals surface area (Å²) in [6.45, 7) is 5.46. The minimum absolute atomic E-state index is 0.390. The van der Waals surface area contributed by atoms with Crippen molar-refractivity contribution in [1.29, 1.82) is 0 Å². The number of rotatable bonds is 3. The van der Waals surface area contributed by atoms with Crippen molar-refractivity contribution in [3.63, 3.8) is 0 Å². The number of benzene rings is 1. The summed E-state index contributed by atoms with van der Waals surface area (Å²) in [7, 11) is -3.37. The molecule has 0 bridgehead atoms. The van der Waals surface area contributed by atoms with Crippen molar-refractivity contribution in [3.05, 3.63) is 30.5 Å². The van der Waals surface area contributed by atoms with Crippen molar-refractivity contribution in [2.75, 3.05) is 26.2 Å². The molecule has 1 aromatic heterocycles. The number of aromatic nitrogens is 1. The maximum absolute atomic E-state index is 12.6. The highest BCUT2D eigenvalue weighted by Crippen LogP contribution is 2.23. The van der Waals surface area contributed by atoms with Gasteiger partial charge in [0, 0.05) is 49.8 Å². The standard InChI is InChI=1S/C14H19N3O2S/c1-2-16-8-5-12-11-13(3-4-14(12)16)20(18,19)17-9-6-15-7-10-17/h3-5,8,11,15H,2,6-7,9-10H2,1H3. The molecule has 2 aromatic rings. The van der Waals surface area contributed by atoms with Gasteiger partial charge in [-0.1, -0.05) is 0 Å². The van der Waals surface area contributed by atoms with Crippen LogP contribution in [0.2, 0.25) is 0 Å². The first-order valence-corrected chi connectivity index (χ1v) is 8.36. The molecule has 1 aliphatic rings. The van der Waals surface area contributed by atoms with E-state index >= 15 is 0 Å². The lowest BCUT2D eigenvalue weighted by molar-refractivity contribution is 0.360. The quantitative estimate of drug-likeness (QED) is 0.927. The number of sulfonamides is 1. The first kappa shape index (κ1) is 13.6. The third kappa shape index (κ3) is 2.24. The van der Waals surface area contributed by atoms with Gasteiger partial charge in [0.15, 0.2) is 0 Å². The van der Waals surface area contributed by atoms with E-state index < -0.39 is 10.0 Å². The fraction of sp³-hybridized carbons (Fsp3) is 0.429. The van der Waals surface area contributed by atoms with E-state index in [1.54, 1.807) is 16.4 Å². The topological polar surface area (TPSA) is 54.3 Å². The molecule has 5 nitrogen and oxygen atoms in total. The van der Waals surface area contributed by atoms with E-state index in [1.165, 1.54) is 0 Å². The summed E-state index contributed by atoms with van der Waals surface area (Å²) in [5.41, 5.74) is 1.08. The van der Waals surface area contributed by atoms with Crippen LogP contribution in [-0.4, -0.2) is 43.5 Å². The summed E-state index contributed by atoms with van der Waals surface area (Å²) in [5, 5.41) is 4.14. The van der Waals surface area contributed by atoms with Crippen molar-refractivity contribution >= 4 is 20.9 Å². The maximum atomic E-state index is 12.6. The fourth-order valence-corrected chi connectivity index (χ4v) is 4.13. The van der Waals surface area contributed by atoms with Crippen LogP contribution in [0.5, 0.6) is 0 Å². The van der Waals surface area contributed by atoms with Gasteiger partial charge in [-0.15, -0.1) is 0 Å². The second-order valence-corrected chi connectivity index (χ2v) is 6.91. The SMILES string of the molecule is CCn1ccc2cc(S(=O)(=O)N3CCNCC3)ccc21. The number of aryl methyl sites for hydroxylation is 1. The van der Waals surface area contributed by atoms with Crippen LogP contribution in [0.15, 0.2) is 35.4 Å². The predicted molar refractivity (Wildman–Crippen MR) is 79.2 cm³/mol. The van der Waals surface area contributed by atoms with Gasteiger partial charge in [-0.3, -0.25) is 0 Å². The molecule has 0 saturated carbocycles. The lowest BCUT2D eigenvalue weighted by Gasteiger charge is -2.26. The Kier molecular flexibility index (Phi) is 3.54. The smallest absolute Gasteiger partial charge is 0.243 e. The Morgan fingerprint density at radius 3 is 2.65 bits per heavy atom. The van der Waals surface area contributed by atoms with Crippen molar-refractivity contribution in [1.82, 2.24) is 14.2 Å². The van der Waals surface area contributed by atoms with Crippen LogP contribution in [0.1, 0.15) is 6.92 Å². The number of nitrogens with one attached hydrogen (secondary N) is 1. The van der Waals surface area contributed by atoms with Crippen molar-refractivity contribution in [3.8, 4) is 0 Å². The van der Waals surface area contributed by atoms with Crippen LogP contribution in [0.3, 0.4) is 0 Å². The molecule has 3 rings (SSSR count). The van der Waals surface area contributed by atoms with E-state index in [4.69, 9.17) is 0 Å². The maximum Gasteiger partial charge on any atom is 0.243 e. The van der Waals surface area contributed by atoms with Gasteiger partial charge in [-0.25, -0.2) is 8.42 Å². The normalized spacial score (nSPS) is 17.6. The Morgan fingerprint density at radius 2 is 1.95 bits per heavy atom. The number of fused-ring (bicyclic) bond motifs is 1. The van der Waals surface area contributed by atoms with Crippen LogP contribution in [0.25, 0.3) is 10.9 Å². The van der Waals surface area contributed by atoms with Crippen LogP contribution in [0.4, 0.5) is 0 Å². The molecule has 20 heavy (non-hydrogen) atoms. The van der Waals surface area contributed by atoms with Gasteiger partial charge < -0.3 is 9.88 Å². The summed E-state index contributed by atoms with van der Waals surface area (Å²) >= 11 is 0. The van der Waals surface area contributed by atoms with E-state index in [0.29, 0.717) is 31.1 Å². The van der Waals surface area contributed by atoms with E-state index in [9.17, 15) is 8.42 Å². The van der Waals surface area contributed by atoms with Crippen LogP contribution in [0, 0.1) is 0 Å². The summed E-state index contributed by atoms with van der Waals surface area (Å²) in [5.74, 6) is 0. The third-order valence-corrected chi connectivity index (χ3v) is 5.69. The zero-order valence-electron chi connectivity index (χ0n) is 11.5. The zero-order chi connectivity index (χ0) is 14.2. The monoisotopic (exact) mass is 293 g/mol. The zero-order valence-corrected chi connectivity index (χ0v) is 12.4. The number of hydrogen-bond donors (Lipinski definition) is 1. The molecule has 0 atom stereocenters. The van der Waals surface area contributed by atoms with E-state index in [2.05, 4.69) is 16.8 Å². The minimum atomic E-state index is -3.37. The van der Waals surface area contributed by atoms with Crippen LogP contribution in [-0.2, 0) is 16.6 Å². The molecule has 0 amide bonds. The van der Waals surface area contributed by atoms with E-state index in [0.717, 1.165) is 17.4 Å². The predicted octanol–water partition coefficient (Wildman–Crippen LogP) is 1.26. The lowest BCUT2D eigenvalue weighted by atomic mass is 10.2. The molecular formula is C14H19N3O2S. The molecular weight excluding hydrogens is 274 g/mol. The molecule has 108 valence electrons. The highest BCUT2D eigenvalue weighted by molar-refractivity contribution is 7.89. The average molecular weight is 293 g/mol. The van der Waals surface area contributed by atoms with Crippen molar-refractivity contribution in [2.24, 2.45) is 0 Å². The summed E-state index contributed by atoms with van der Waals surface area (Å²) < 4.78 is 28.9. The second kappa shape index (κ2) is 5.20. The molecule has 0 radical (unpaired) electrons. The van der Waals surface area contributed by atoms with E-state index in [1.807, 2.05) is 18.3 Å². The Bertz CT molecular complexity index is 715. The van der Waals surface area contributed by atoms with Crippen molar-refractivity contribution in [2.45, 2.75) is 18.4 Å². The number of piperazine rings is 1. The number of nitrogens with zero attached hydrogens (tertiary/aromatic N) is 2. The van der Waals surface area contributed by atoms with Crippen LogP contribution < -0.4 is 5.32 Å². The van der Waals surface area contributed by atoms with Crippen molar-refractivity contribution < 1.29 is 8.42 Å². The average Bonchev–Trinajstić information content (AvgIpc) is 2.90. The fourth-order valence-electron chi connectivity index (χ4n) is 2.65. The molecule has 1 fully saturated rings. The highest BCUT2D eigenvalue weighted by Gasteiger charge is 2.25. The lowest BCUT2D eigenvalue weighted by Crippen LogP contribution is -2.46. The molecule has 1 saturated heterocycles. The highest BCUT2D eigenvalue weighted by atomic mass is 32.2. The van der Waals surface area contributed by atoms with Crippen LogP contribution >= 0.6 is 0 Å². The Labute approximate surface area is 119 Å². The van der Waals surface area contributed by atoms with Gasteiger partial charge in [-0.05, 0) is 31.2 Å². The molecule has 0 unspecified atom stereocenters. The van der Waals surface area contributed by atoms with Gasteiger partial charge >= 0.3 is 0 Å². The Hall–Kier alpha value is -1.37. The van der Waals surface area contributed by atoms with Gasteiger partial charge in [-0.2, -0.15) is 4.31 Å². The Morgan fingerprint density at radius 1 is 1.20 bits per heavy atom. The van der Waals surface area contributed by atoms with Gasteiger partial charge in [0.1, 0.15) is 0 Å². The Balaban J connectivity index is 2.00. The summed E-state index contributed by atoms with van der Waals surface area (Å²) in [4.78, 5) is 0.390. The first-order chi connectivity index (χ1) is 9.63. The molecule has 1 N–H and O–H groups in total. The molecule has 6 heteroatoms. The molecule has 1 aliphatic heterocycles. The first-order valence-electron chi connectivity index (χ1n) is 6.92. The molecule has 0 spiro atoms. The largest absolute Gasteiger partial charge is 0.348 e. The second-order valence-electron chi connectivity index (χ2n) is 4.98. The molecule has 0 aliphatic carbocycles. The minimum Gasteiger partial charge on any atom is -0.348 e.